The van der Waals surface area contributed by atoms with Crippen molar-refractivity contribution in [3.63, 3.8) is 0 Å². The van der Waals surface area contributed by atoms with Crippen molar-refractivity contribution in [1.29, 1.82) is 0 Å². The number of aliphatic carboxylic acids is 4. The Morgan fingerprint density at radius 3 is 1.13 bits per heavy atom. The molecule has 0 aliphatic carbocycles. The van der Waals surface area contributed by atoms with Gasteiger partial charge in [-0.15, -0.1) is 0 Å². The van der Waals surface area contributed by atoms with Crippen molar-refractivity contribution in [1.82, 2.24) is 0 Å². The molecule has 186 valence electrons. The van der Waals surface area contributed by atoms with E-state index in [1.807, 2.05) is 13.8 Å². The fourth-order valence-electron chi connectivity index (χ4n) is 1.24. The van der Waals surface area contributed by atoms with E-state index in [0.29, 0.717) is 25.3 Å². The molecule has 0 heterocycles. The minimum Gasteiger partial charge on any atom is -0.480 e. The highest BCUT2D eigenvalue weighted by Gasteiger charge is 2.12. The van der Waals surface area contributed by atoms with Gasteiger partial charge in [0, 0.05) is 0 Å². The minimum absolute atomic E-state index is 0.357. The van der Waals surface area contributed by atoms with Gasteiger partial charge >= 0.3 is 23.9 Å². The predicted molar refractivity (Wildman–Crippen MR) is 116 cm³/mol. The average molecular weight is 456 g/mol. The summed E-state index contributed by atoms with van der Waals surface area (Å²) in [6.45, 7) is 7.34. The van der Waals surface area contributed by atoms with Crippen LogP contribution in [-0.2, 0) is 19.2 Å². The van der Waals surface area contributed by atoms with Crippen LogP contribution in [0.15, 0.2) is 0 Å². The molecule has 0 aliphatic heterocycles. The third-order valence-electron chi connectivity index (χ3n) is 3.11. The molecule has 0 unspecified atom stereocenters. The van der Waals surface area contributed by atoms with E-state index < -0.39 is 48.0 Å². The molecule has 13 heteroatoms. The summed E-state index contributed by atoms with van der Waals surface area (Å²) in [5.41, 5.74) is 25.3. The lowest BCUT2D eigenvalue weighted by Crippen LogP contribution is -2.31. The zero-order chi connectivity index (χ0) is 25.7. The Balaban J connectivity index is -0.000000161. The summed E-state index contributed by atoms with van der Waals surface area (Å²) < 4.78 is 0. The van der Waals surface area contributed by atoms with Crippen molar-refractivity contribution in [3.8, 4) is 0 Å². The highest BCUT2D eigenvalue weighted by molar-refractivity contribution is 5.73. The van der Waals surface area contributed by atoms with Gasteiger partial charge in [0.25, 0.3) is 0 Å². The van der Waals surface area contributed by atoms with Gasteiger partial charge in [-0.2, -0.15) is 0 Å². The van der Waals surface area contributed by atoms with Gasteiger partial charge in [-0.25, -0.2) is 0 Å². The molecule has 0 fully saturated rings. The molecule has 0 amide bonds. The van der Waals surface area contributed by atoms with E-state index in [4.69, 9.17) is 49.1 Å². The summed E-state index contributed by atoms with van der Waals surface area (Å²) in [6, 6.07) is -2.87. The van der Waals surface area contributed by atoms with Crippen molar-refractivity contribution >= 4 is 23.9 Å². The maximum Gasteiger partial charge on any atom is 0.320 e. The van der Waals surface area contributed by atoms with Crippen LogP contribution < -0.4 is 28.7 Å². The number of carboxylic acids is 4. The molecule has 0 aliphatic rings. The van der Waals surface area contributed by atoms with E-state index in [1.165, 1.54) is 13.8 Å². The molecule has 0 aromatic heterocycles. The molecule has 13 nitrogen and oxygen atoms in total. The van der Waals surface area contributed by atoms with Crippen molar-refractivity contribution in [3.05, 3.63) is 0 Å². The monoisotopic (exact) mass is 455 g/mol. The summed E-state index contributed by atoms with van der Waals surface area (Å²) in [6.07, 6.45) is 2.72. The van der Waals surface area contributed by atoms with Gasteiger partial charge in [-0.3, -0.25) is 19.2 Å². The smallest absolute Gasteiger partial charge is 0.320 e. The number of nitrogens with two attached hydrogens (primary N) is 5. The molecule has 0 saturated heterocycles. The molecule has 0 bridgehead atoms. The molecule has 0 saturated carbocycles. The number of hydrogen-bond acceptors (Lipinski definition) is 9. The molecule has 0 aromatic rings. The van der Waals surface area contributed by atoms with Crippen molar-refractivity contribution in [2.75, 3.05) is 6.54 Å². The van der Waals surface area contributed by atoms with E-state index in [2.05, 4.69) is 0 Å². The van der Waals surface area contributed by atoms with E-state index in [1.54, 1.807) is 0 Å². The highest BCUT2D eigenvalue weighted by atomic mass is 16.4. The maximum atomic E-state index is 10.1. The summed E-state index contributed by atoms with van der Waals surface area (Å²) in [5.74, 6) is -3.41. The fourth-order valence-corrected chi connectivity index (χ4v) is 1.24. The lowest BCUT2D eigenvalue weighted by atomic mass is 10.1. The zero-order valence-corrected chi connectivity index (χ0v) is 18.7. The van der Waals surface area contributed by atoms with Crippen LogP contribution in [0.25, 0.3) is 0 Å². The Hall–Kier alpha value is -2.32. The van der Waals surface area contributed by atoms with Gasteiger partial charge in [-0.05, 0) is 45.6 Å². The third-order valence-corrected chi connectivity index (χ3v) is 3.11. The second kappa shape index (κ2) is 22.4. The number of unbranched alkanes of at least 4 members (excludes halogenated alkanes) is 1. The van der Waals surface area contributed by atoms with Crippen LogP contribution in [0, 0.1) is 5.92 Å². The number of rotatable bonds is 10. The van der Waals surface area contributed by atoms with Crippen molar-refractivity contribution in [2.24, 2.45) is 34.6 Å². The van der Waals surface area contributed by atoms with Crippen LogP contribution >= 0.6 is 0 Å². The van der Waals surface area contributed by atoms with Gasteiger partial charge in [0.05, 0.1) is 0 Å². The van der Waals surface area contributed by atoms with Gasteiger partial charge < -0.3 is 49.1 Å². The number of hydrogen-bond donors (Lipinski definition) is 9. The molecule has 4 atom stereocenters. The molecule has 0 aromatic carbocycles. The van der Waals surface area contributed by atoms with E-state index in [0.717, 1.165) is 12.8 Å². The number of carbonyl (C=O) groups is 4. The van der Waals surface area contributed by atoms with Gasteiger partial charge in [-0.1, -0.05) is 20.3 Å². The zero-order valence-electron chi connectivity index (χ0n) is 18.7. The summed E-state index contributed by atoms with van der Waals surface area (Å²) in [4.78, 5) is 39.4. The van der Waals surface area contributed by atoms with Crippen LogP contribution in [0.1, 0.15) is 53.4 Å². The lowest BCUT2D eigenvalue weighted by Gasteiger charge is -2.07. The lowest BCUT2D eigenvalue weighted by molar-refractivity contribution is -0.139. The van der Waals surface area contributed by atoms with E-state index in [9.17, 15) is 19.2 Å². The Kier molecular flexibility index (Phi) is 26.0. The summed E-state index contributed by atoms with van der Waals surface area (Å²) in [7, 11) is 0. The first-order chi connectivity index (χ1) is 14.0. The topological polar surface area (TPSA) is 279 Å². The van der Waals surface area contributed by atoms with Gasteiger partial charge in [0.15, 0.2) is 0 Å². The molecule has 31 heavy (non-hydrogen) atoms. The Morgan fingerprint density at radius 2 is 0.968 bits per heavy atom. The Labute approximate surface area is 182 Å². The molecule has 0 rings (SSSR count). The SMILES string of the molecule is CC(C)C[C@H](N)C(=O)O.C[C@H](N)C(=O)O.C[C@H](N)C(=O)O.NCCCC[C@H](N)C(=O)O. The van der Waals surface area contributed by atoms with Crippen LogP contribution in [0.3, 0.4) is 0 Å². The van der Waals surface area contributed by atoms with Crippen LogP contribution in [0.4, 0.5) is 0 Å². The van der Waals surface area contributed by atoms with Gasteiger partial charge in [0.1, 0.15) is 24.2 Å². The summed E-state index contributed by atoms with van der Waals surface area (Å²) in [5, 5.41) is 32.4. The predicted octanol–water partition coefficient (Wildman–Crippen LogP) is -1.19. The average Bonchev–Trinajstić information content (AvgIpc) is 2.62. The number of carboxylic acid groups (broad SMARTS) is 4. The van der Waals surface area contributed by atoms with E-state index in [-0.39, 0.29) is 0 Å². The largest absolute Gasteiger partial charge is 0.480 e. The Morgan fingerprint density at radius 1 is 0.645 bits per heavy atom. The first kappa shape index (κ1) is 36.1. The first-order valence-electron chi connectivity index (χ1n) is 9.64. The summed E-state index contributed by atoms with van der Waals surface area (Å²) >= 11 is 0. The first-order valence-corrected chi connectivity index (χ1v) is 9.64. The molecule has 0 radical (unpaired) electrons. The second-order valence-corrected chi connectivity index (χ2v) is 7.06. The quantitative estimate of drug-likeness (QED) is 0.175. The van der Waals surface area contributed by atoms with E-state index >= 15 is 0 Å². The fraction of sp³-hybridized carbons (Fsp3) is 0.778. The molecular formula is C18H41N5O8. The third kappa shape index (κ3) is 35.5. The normalized spacial score (nSPS) is 13.5. The maximum absolute atomic E-state index is 10.1. The van der Waals surface area contributed by atoms with Crippen LogP contribution in [0.2, 0.25) is 0 Å². The molecule has 14 N–H and O–H groups in total. The van der Waals surface area contributed by atoms with Crippen LogP contribution in [-0.4, -0.2) is 75.0 Å². The molecular weight excluding hydrogens is 414 g/mol. The van der Waals surface area contributed by atoms with Gasteiger partial charge in [0.2, 0.25) is 0 Å². The van der Waals surface area contributed by atoms with Crippen LogP contribution in [0.5, 0.6) is 0 Å². The minimum atomic E-state index is -0.963. The highest BCUT2D eigenvalue weighted by Crippen LogP contribution is 2.01. The molecule has 0 spiro atoms. The Bertz CT molecular complexity index is 483. The second-order valence-electron chi connectivity index (χ2n) is 7.06. The van der Waals surface area contributed by atoms with Crippen molar-refractivity contribution < 1.29 is 39.6 Å². The standard InChI is InChI=1S/C6H14N2O2.C6H13NO2.2C3H7NO2/c7-4-2-1-3-5(8)6(9)10;1-4(2)3-5(7)6(8)9;2*1-2(4)3(5)6/h5H,1-4,7-8H2,(H,9,10);4-5H,3,7H2,1-2H3,(H,8,9);2*2H,4H2,1H3,(H,5,6)/t2*5-;2*2-/m0000/s1. The van der Waals surface area contributed by atoms with Crippen molar-refractivity contribution in [2.45, 2.75) is 77.5 Å².